The molecule has 0 bridgehead atoms. The van der Waals surface area contributed by atoms with Gasteiger partial charge in [-0.05, 0) is 24.6 Å². The zero-order valence-corrected chi connectivity index (χ0v) is 12.1. The molecular weight excluding hydrogens is 266 g/mol. The molecular formula is C16H17N3O2. The van der Waals surface area contributed by atoms with E-state index in [2.05, 4.69) is 22.3 Å². The van der Waals surface area contributed by atoms with Gasteiger partial charge < -0.3 is 10.4 Å². The Balaban J connectivity index is 2.24. The largest absolute Gasteiger partial charge is 0.395 e. The molecule has 2 aromatic rings. The standard InChI is InChI=1S/C16H17N3O2/c1-12-6-7-13(5-3-4-8-20)15(9-12)18-16(21)14-10-17-19(2)11-14/h6-7,9-11,20H,4,8H2,1-2H3,(H,18,21). The molecule has 0 fully saturated rings. The van der Waals surface area contributed by atoms with Crippen LogP contribution in [0.5, 0.6) is 0 Å². The Bertz CT molecular complexity index is 708. The van der Waals surface area contributed by atoms with Gasteiger partial charge in [0.2, 0.25) is 0 Å². The number of aliphatic hydroxyl groups excluding tert-OH is 1. The maximum atomic E-state index is 12.2. The number of aromatic nitrogens is 2. The molecule has 0 aliphatic rings. The minimum atomic E-state index is -0.223. The van der Waals surface area contributed by atoms with Crippen molar-refractivity contribution >= 4 is 11.6 Å². The lowest BCUT2D eigenvalue weighted by Crippen LogP contribution is -2.12. The molecule has 21 heavy (non-hydrogen) atoms. The zero-order valence-electron chi connectivity index (χ0n) is 12.1. The van der Waals surface area contributed by atoms with Gasteiger partial charge in [0.05, 0.1) is 24.1 Å². The predicted molar refractivity (Wildman–Crippen MR) is 80.9 cm³/mol. The van der Waals surface area contributed by atoms with Crippen LogP contribution >= 0.6 is 0 Å². The molecule has 2 N–H and O–H groups in total. The van der Waals surface area contributed by atoms with Crippen LogP contribution in [0.3, 0.4) is 0 Å². The fourth-order valence-electron chi connectivity index (χ4n) is 1.82. The number of nitrogens with one attached hydrogen (secondary N) is 1. The van der Waals surface area contributed by atoms with Gasteiger partial charge in [0.25, 0.3) is 5.91 Å². The highest BCUT2D eigenvalue weighted by molar-refractivity contribution is 6.04. The monoisotopic (exact) mass is 283 g/mol. The molecule has 0 unspecified atom stereocenters. The number of rotatable bonds is 3. The first-order valence-corrected chi connectivity index (χ1v) is 6.60. The van der Waals surface area contributed by atoms with Crippen molar-refractivity contribution in [2.75, 3.05) is 11.9 Å². The smallest absolute Gasteiger partial charge is 0.258 e. The van der Waals surface area contributed by atoms with Crippen LogP contribution in [0, 0.1) is 18.8 Å². The number of amides is 1. The molecule has 5 heteroatoms. The van der Waals surface area contributed by atoms with E-state index in [4.69, 9.17) is 5.11 Å². The number of anilines is 1. The number of benzene rings is 1. The second kappa shape index (κ2) is 6.73. The molecule has 0 aliphatic heterocycles. The summed E-state index contributed by atoms with van der Waals surface area (Å²) < 4.78 is 1.58. The molecule has 2 rings (SSSR count). The third-order valence-electron chi connectivity index (χ3n) is 2.85. The molecule has 0 radical (unpaired) electrons. The molecule has 1 aromatic carbocycles. The minimum Gasteiger partial charge on any atom is -0.395 e. The highest BCUT2D eigenvalue weighted by atomic mass is 16.2. The third-order valence-corrected chi connectivity index (χ3v) is 2.85. The zero-order chi connectivity index (χ0) is 15.2. The molecule has 0 saturated heterocycles. The molecule has 1 heterocycles. The van der Waals surface area contributed by atoms with E-state index in [1.54, 1.807) is 17.9 Å². The summed E-state index contributed by atoms with van der Waals surface area (Å²) in [6.07, 6.45) is 3.58. The summed E-state index contributed by atoms with van der Waals surface area (Å²) in [5, 5.41) is 15.6. The quantitative estimate of drug-likeness (QED) is 0.843. The molecule has 0 aliphatic carbocycles. The van der Waals surface area contributed by atoms with Gasteiger partial charge >= 0.3 is 0 Å². The van der Waals surface area contributed by atoms with Crippen molar-refractivity contribution < 1.29 is 9.90 Å². The van der Waals surface area contributed by atoms with Crippen molar-refractivity contribution in [1.29, 1.82) is 0 Å². The lowest BCUT2D eigenvalue weighted by atomic mass is 10.1. The lowest BCUT2D eigenvalue weighted by molar-refractivity contribution is 0.102. The maximum absolute atomic E-state index is 12.2. The van der Waals surface area contributed by atoms with Gasteiger partial charge in [0, 0.05) is 25.2 Å². The van der Waals surface area contributed by atoms with Crippen LogP contribution in [-0.4, -0.2) is 27.4 Å². The van der Waals surface area contributed by atoms with Crippen molar-refractivity contribution in [3.05, 3.63) is 47.3 Å². The molecule has 1 amide bonds. The topological polar surface area (TPSA) is 67.2 Å². The summed E-state index contributed by atoms with van der Waals surface area (Å²) in [6.45, 7) is 1.97. The molecule has 0 saturated carbocycles. The van der Waals surface area contributed by atoms with E-state index in [-0.39, 0.29) is 12.5 Å². The van der Waals surface area contributed by atoms with E-state index < -0.39 is 0 Å². The van der Waals surface area contributed by atoms with E-state index in [0.29, 0.717) is 17.7 Å². The summed E-state index contributed by atoms with van der Waals surface area (Å²) >= 11 is 0. The lowest BCUT2D eigenvalue weighted by Gasteiger charge is -2.07. The number of aryl methyl sites for hydroxylation is 2. The molecule has 5 nitrogen and oxygen atoms in total. The van der Waals surface area contributed by atoms with Crippen LogP contribution in [-0.2, 0) is 7.05 Å². The Morgan fingerprint density at radius 1 is 1.48 bits per heavy atom. The Hall–Kier alpha value is -2.58. The van der Waals surface area contributed by atoms with E-state index in [1.165, 1.54) is 6.20 Å². The van der Waals surface area contributed by atoms with Crippen molar-refractivity contribution in [3.63, 3.8) is 0 Å². The van der Waals surface area contributed by atoms with E-state index in [9.17, 15) is 4.79 Å². The average molecular weight is 283 g/mol. The first-order chi connectivity index (χ1) is 10.1. The number of hydrogen-bond donors (Lipinski definition) is 2. The van der Waals surface area contributed by atoms with E-state index in [0.717, 1.165) is 11.1 Å². The first kappa shape index (κ1) is 14.8. The van der Waals surface area contributed by atoms with Crippen LogP contribution in [0.2, 0.25) is 0 Å². The summed E-state index contributed by atoms with van der Waals surface area (Å²) in [6, 6.07) is 5.67. The summed E-state index contributed by atoms with van der Waals surface area (Å²) in [4.78, 5) is 12.2. The number of hydrogen-bond acceptors (Lipinski definition) is 3. The fourth-order valence-corrected chi connectivity index (χ4v) is 1.82. The second-order valence-electron chi connectivity index (χ2n) is 4.68. The van der Waals surface area contributed by atoms with Gasteiger partial charge in [-0.15, -0.1) is 0 Å². The predicted octanol–water partition coefficient (Wildman–Crippen LogP) is 1.71. The van der Waals surface area contributed by atoms with Gasteiger partial charge in [0.15, 0.2) is 0 Å². The van der Waals surface area contributed by atoms with Crippen LogP contribution in [0.4, 0.5) is 5.69 Å². The van der Waals surface area contributed by atoms with Crippen molar-refractivity contribution in [2.45, 2.75) is 13.3 Å². The van der Waals surface area contributed by atoms with Gasteiger partial charge in [-0.25, -0.2) is 0 Å². The van der Waals surface area contributed by atoms with Crippen molar-refractivity contribution in [3.8, 4) is 11.8 Å². The SMILES string of the molecule is Cc1ccc(C#CCCO)c(NC(=O)c2cnn(C)c2)c1. The van der Waals surface area contributed by atoms with Crippen LogP contribution in [0.15, 0.2) is 30.6 Å². The highest BCUT2D eigenvalue weighted by Crippen LogP contribution is 2.17. The summed E-state index contributed by atoms with van der Waals surface area (Å²) in [7, 11) is 1.76. The Labute approximate surface area is 123 Å². The highest BCUT2D eigenvalue weighted by Gasteiger charge is 2.10. The normalized spacial score (nSPS) is 9.86. The Morgan fingerprint density at radius 3 is 2.95 bits per heavy atom. The van der Waals surface area contributed by atoms with E-state index >= 15 is 0 Å². The summed E-state index contributed by atoms with van der Waals surface area (Å²) in [5.74, 6) is 5.60. The van der Waals surface area contributed by atoms with Crippen LogP contribution < -0.4 is 5.32 Å². The maximum Gasteiger partial charge on any atom is 0.258 e. The van der Waals surface area contributed by atoms with Gasteiger partial charge in [-0.3, -0.25) is 9.48 Å². The van der Waals surface area contributed by atoms with Crippen molar-refractivity contribution in [1.82, 2.24) is 9.78 Å². The van der Waals surface area contributed by atoms with Crippen molar-refractivity contribution in [2.24, 2.45) is 7.05 Å². The van der Waals surface area contributed by atoms with Gasteiger partial charge in [-0.1, -0.05) is 17.9 Å². The number of carbonyl (C=O) groups is 1. The first-order valence-electron chi connectivity index (χ1n) is 6.60. The Kier molecular flexibility index (Phi) is 4.75. The average Bonchev–Trinajstić information content (AvgIpc) is 2.88. The van der Waals surface area contributed by atoms with Gasteiger partial charge in [-0.2, -0.15) is 5.10 Å². The number of nitrogens with zero attached hydrogens (tertiary/aromatic N) is 2. The van der Waals surface area contributed by atoms with Crippen LogP contribution in [0.1, 0.15) is 27.9 Å². The number of carbonyl (C=O) groups excluding carboxylic acids is 1. The fraction of sp³-hybridized carbons (Fsp3) is 0.250. The minimum absolute atomic E-state index is 0.0240. The molecule has 0 spiro atoms. The van der Waals surface area contributed by atoms with Crippen LogP contribution in [0.25, 0.3) is 0 Å². The molecule has 0 atom stereocenters. The molecule has 1 aromatic heterocycles. The number of aliphatic hydroxyl groups is 1. The second-order valence-corrected chi connectivity index (χ2v) is 4.68. The Morgan fingerprint density at radius 2 is 2.29 bits per heavy atom. The third kappa shape index (κ3) is 3.94. The summed E-state index contributed by atoms with van der Waals surface area (Å²) in [5.41, 5.74) is 2.91. The molecule has 108 valence electrons. The van der Waals surface area contributed by atoms with E-state index in [1.807, 2.05) is 25.1 Å². The van der Waals surface area contributed by atoms with Gasteiger partial charge in [0.1, 0.15) is 0 Å².